The van der Waals surface area contributed by atoms with Gasteiger partial charge in [-0.1, -0.05) is 12.1 Å². The van der Waals surface area contributed by atoms with E-state index >= 15 is 0 Å². The zero-order chi connectivity index (χ0) is 21.0. The average molecular weight is 416 g/mol. The van der Waals surface area contributed by atoms with Crippen LogP contribution >= 0.6 is 11.8 Å². The molecule has 0 radical (unpaired) electrons. The van der Waals surface area contributed by atoms with Gasteiger partial charge in [0.2, 0.25) is 0 Å². The van der Waals surface area contributed by atoms with Gasteiger partial charge in [-0.2, -0.15) is 0 Å². The molecule has 3 rings (SSSR count). The van der Waals surface area contributed by atoms with Crippen molar-refractivity contribution in [3.63, 3.8) is 0 Å². The first kappa shape index (κ1) is 20.2. The Labute approximate surface area is 169 Å². The van der Waals surface area contributed by atoms with Gasteiger partial charge in [0.15, 0.2) is 11.5 Å². The van der Waals surface area contributed by atoms with E-state index in [1.165, 1.54) is 13.2 Å². The summed E-state index contributed by atoms with van der Waals surface area (Å²) in [6.07, 6.45) is 1.26. The number of para-hydroxylation sites is 2. The van der Waals surface area contributed by atoms with Gasteiger partial charge in [-0.3, -0.25) is 24.6 Å². The van der Waals surface area contributed by atoms with Gasteiger partial charge in [-0.25, -0.2) is 0 Å². The number of aromatic hydroxyl groups is 1. The van der Waals surface area contributed by atoms with Crippen LogP contribution in [-0.4, -0.2) is 46.3 Å². The number of benzene rings is 2. The lowest BCUT2D eigenvalue weighted by Crippen LogP contribution is -2.32. The maximum Gasteiger partial charge on any atom is 0.293 e. The maximum absolute atomic E-state index is 12.5. The molecule has 1 aliphatic rings. The first-order chi connectivity index (χ1) is 13.9. The number of imide groups is 1. The van der Waals surface area contributed by atoms with Crippen molar-refractivity contribution in [1.82, 2.24) is 4.90 Å². The average Bonchev–Trinajstić information content (AvgIpc) is 2.97. The third-order valence-corrected chi connectivity index (χ3v) is 4.93. The number of nitro groups is 1. The number of non-ortho nitro benzene ring substituents is 1. The number of rotatable bonds is 7. The Morgan fingerprint density at radius 3 is 2.62 bits per heavy atom. The number of amides is 2. The second kappa shape index (κ2) is 8.65. The van der Waals surface area contributed by atoms with E-state index in [0.717, 1.165) is 23.1 Å². The number of methoxy groups -OCH3 is 1. The van der Waals surface area contributed by atoms with E-state index in [0.29, 0.717) is 23.3 Å². The number of carbonyl (C=O) groups is 2. The Bertz CT molecular complexity index is 1010. The van der Waals surface area contributed by atoms with Crippen LogP contribution in [0.15, 0.2) is 47.4 Å². The van der Waals surface area contributed by atoms with E-state index in [1.54, 1.807) is 24.3 Å². The number of hydrogen-bond donors (Lipinski definition) is 1. The SMILES string of the molecule is COc1ccccc1OCCN1C(=O)S/C(=C\c2cc([N+](=O)[O-])ccc2O)C1=O. The van der Waals surface area contributed by atoms with Crippen LogP contribution in [0.4, 0.5) is 10.5 Å². The molecule has 0 aromatic heterocycles. The van der Waals surface area contributed by atoms with Gasteiger partial charge in [0.05, 0.1) is 23.5 Å². The Morgan fingerprint density at radius 1 is 1.21 bits per heavy atom. The van der Waals surface area contributed by atoms with E-state index in [9.17, 15) is 24.8 Å². The van der Waals surface area contributed by atoms with Gasteiger partial charge in [-0.15, -0.1) is 0 Å². The van der Waals surface area contributed by atoms with Crippen LogP contribution in [-0.2, 0) is 4.79 Å². The molecule has 1 heterocycles. The standard InChI is InChI=1S/C19H16N2O7S/c1-27-15-4-2-3-5-16(15)28-9-8-20-18(23)17(29-19(20)24)11-12-10-13(21(25)26)6-7-14(12)22/h2-7,10-11,22H,8-9H2,1H3/b17-11-. The second-order valence-corrected chi connectivity index (χ2v) is 6.83. The summed E-state index contributed by atoms with van der Waals surface area (Å²) in [5, 5.41) is 20.3. The summed E-state index contributed by atoms with van der Waals surface area (Å²) in [7, 11) is 1.51. The zero-order valence-corrected chi connectivity index (χ0v) is 16.0. The largest absolute Gasteiger partial charge is 0.507 e. The highest BCUT2D eigenvalue weighted by molar-refractivity contribution is 8.18. The second-order valence-electron chi connectivity index (χ2n) is 5.83. The molecular weight excluding hydrogens is 400 g/mol. The Hall–Kier alpha value is -3.53. The molecule has 1 N–H and O–H groups in total. The van der Waals surface area contributed by atoms with Crippen molar-refractivity contribution < 1.29 is 29.1 Å². The summed E-state index contributed by atoms with van der Waals surface area (Å²) in [5.41, 5.74) is -0.159. The predicted molar refractivity (Wildman–Crippen MR) is 106 cm³/mol. The lowest BCUT2D eigenvalue weighted by molar-refractivity contribution is -0.384. The van der Waals surface area contributed by atoms with Crippen molar-refractivity contribution in [3.05, 3.63) is 63.0 Å². The fourth-order valence-corrected chi connectivity index (χ4v) is 3.45. The summed E-state index contributed by atoms with van der Waals surface area (Å²) < 4.78 is 10.8. The highest BCUT2D eigenvalue weighted by atomic mass is 32.2. The summed E-state index contributed by atoms with van der Waals surface area (Å²) >= 11 is 0.691. The van der Waals surface area contributed by atoms with Crippen LogP contribution in [0.25, 0.3) is 6.08 Å². The van der Waals surface area contributed by atoms with Crippen LogP contribution < -0.4 is 9.47 Å². The molecule has 2 aromatic rings. The Kier molecular flexibility index (Phi) is 6.03. The topological polar surface area (TPSA) is 119 Å². The summed E-state index contributed by atoms with van der Waals surface area (Å²) in [5.74, 6) is 0.221. The van der Waals surface area contributed by atoms with Crippen molar-refractivity contribution >= 4 is 34.7 Å². The number of nitrogens with zero attached hydrogens (tertiary/aromatic N) is 2. The molecule has 9 nitrogen and oxygen atoms in total. The van der Waals surface area contributed by atoms with Crippen molar-refractivity contribution in [2.75, 3.05) is 20.3 Å². The minimum absolute atomic E-state index is 0.0149. The highest BCUT2D eigenvalue weighted by Gasteiger charge is 2.35. The first-order valence-corrected chi connectivity index (χ1v) is 9.21. The van der Waals surface area contributed by atoms with Crippen LogP contribution in [0.2, 0.25) is 0 Å². The first-order valence-electron chi connectivity index (χ1n) is 8.39. The van der Waals surface area contributed by atoms with Gasteiger partial charge in [0.25, 0.3) is 16.8 Å². The molecule has 2 amide bonds. The minimum atomic E-state index is -0.613. The number of carbonyl (C=O) groups excluding carboxylic acids is 2. The number of thioether (sulfide) groups is 1. The molecule has 2 aromatic carbocycles. The molecular formula is C19H16N2O7S. The molecule has 150 valence electrons. The van der Waals surface area contributed by atoms with E-state index in [4.69, 9.17) is 9.47 Å². The van der Waals surface area contributed by atoms with Crippen LogP contribution in [0.5, 0.6) is 17.2 Å². The van der Waals surface area contributed by atoms with E-state index < -0.39 is 16.1 Å². The van der Waals surface area contributed by atoms with Gasteiger partial charge in [-0.05, 0) is 36.0 Å². The third kappa shape index (κ3) is 4.49. The quantitative estimate of drug-likeness (QED) is 0.414. The molecule has 0 unspecified atom stereocenters. The fraction of sp³-hybridized carbons (Fsp3) is 0.158. The number of ether oxygens (including phenoxy) is 2. The lowest BCUT2D eigenvalue weighted by atomic mass is 10.1. The van der Waals surface area contributed by atoms with Gasteiger partial charge in [0.1, 0.15) is 12.4 Å². The fourth-order valence-electron chi connectivity index (χ4n) is 2.59. The smallest absolute Gasteiger partial charge is 0.293 e. The molecule has 10 heteroatoms. The molecule has 0 saturated carbocycles. The van der Waals surface area contributed by atoms with Crippen molar-refractivity contribution in [1.29, 1.82) is 0 Å². The molecule has 29 heavy (non-hydrogen) atoms. The van der Waals surface area contributed by atoms with E-state index in [-0.39, 0.29) is 35.1 Å². The minimum Gasteiger partial charge on any atom is -0.507 e. The van der Waals surface area contributed by atoms with Crippen LogP contribution in [0, 0.1) is 10.1 Å². The van der Waals surface area contributed by atoms with Crippen LogP contribution in [0.1, 0.15) is 5.56 Å². The highest BCUT2D eigenvalue weighted by Crippen LogP contribution is 2.35. The summed E-state index contributed by atoms with van der Waals surface area (Å²) in [6, 6.07) is 10.4. The van der Waals surface area contributed by atoms with Gasteiger partial charge in [0, 0.05) is 17.7 Å². The van der Waals surface area contributed by atoms with Gasteiger partial charge >= 0.3 is 0 Å². The lowest BCUT2D eigenvalue weighted by Gasteiger charge is -2.14. The van der Waals surface area contributed by atoms with Crippen molar-refractivity contribution in [2.24, 2.45) is 0 Å². The normalized spacial score (nSPS) is 15.1. The molecule has 1 fully saturated rings. The van der Waals surface area contributed by atoms with Gasteiger partial charge < -0.3 is 14.6 Å². The zero-order valence-electron chi connectivity index (χ0n) is 15.2. The number of hydrogen-bond acceptors (Lipinski definition) is 8. The van der Waals surface area contributed by atoms with E-state index in [1.807, 2.05) is 0 Å². The number of phenolic OH excluding ortho intramolecular Hbond substituents is 1. The molecule has 0 bridgehead atoms. The third-order valence-electron chi connectivity index (χ3n) is 4.02. The summed E-state index contributed by atoms with van der Waals surface area (Å²) in [4.78, 5) is 36.1. The summed E-state index contributed by atoms with van der Waals surface area (Å²) in [6.45, 7) is 0.0781. The van der Waals surface area contributed by atoms with E-state index in [2.05, 4.69) is 0 Å². The van der Waals surface area contributed by atoms with Crippen molar-refractivity contribution in [2.45, 2.75) is 0 Å². The number of nitro benzene ring substituents is 1. The number of phenols is 1. The molecule has 1 aliphatic heterocycles. The monoisotopic (exact) mass is 416 g/mol. The Morgan fingerprint density at radius 2 is 1.93 bits per heavy atom. The van der Waals surface area contributed by atoms with Crippen molar-refractivity contribution in [3.8, 4) is 17.2 Å². The molecule has 1 saturated heterocycles. The molecule has 0 spiro atoms. The molecule has 0 atom stereocenters. The Balaban J connectivity index is 1.70. The maximum atomic E-state index is 12.5. The van der Waals surface area contributed by atoms with Crippen LogP contribution in [0.3, 0.4) is 0 Å². The molecule has 0 aliphatic carbocycles. The predicted octanol–water partition coefficient (Wildman–Crippen LogP) is 3.42.